The van der Waals surface area contributed by atoms with Gasteiger partial charge in [-0.05, 0) is 44.9 Å². The number of carbonyl (C=O) groups is 1. The molecule has 0 saturated carbocycles. The molecule has 0 bridgehead atoms. The maximum absolute atomic E-state index is 14.6. The first-order valence-electron chi connectivity index (χ1n) is 8.76. The fraction of sp³-hybridized carbons (Fsp3) is 0.227. The number of benzene rings is 2. The van der Waals surface area contributed by atoms with Gasteiger partial charge in [-0.3, -0.25) is 0 Å². The van der Waals surface area contributed by atoms with Crippen molar-refractivity contribution in [1.82, 2.24) is 0 Å². The topological polar surface area (TPSA) is 35.5 Å². The van der Waals surface area contributed by atoms with Gasteiger partial charge in [-0.1, -0.05) is 25.6 Å². The van der Waals surface area contributed by atoms with Crippen LogP contribution in [0.25, 0.3) is 11.1 Å². The number of rotatable bonds is 6. The first-order chi connectivity index (χ1) is 13.6. The molecule has 2 aromatic rings. The van der Waals surface area contributed by atoms with Crippen molar-refractivity contribution in [2.45, 2.75) is 34.1 Å². The van der Waals surface area contributed by atoms with Gasteiger partial charge in [-0.25, -0.2) is 18.0 Å². The van der Waals surface area contributed by atoms with Gasteiger partial charge >= 0.3 is 5.97 Å². The Morgan fingerprint density at radius 1 is 0.862 bits per heavy atom. The molecule has 2 rings (SSSR count). The maximum Gasteiger partial charge on any atom is 0.338 e. The number of esters is 1. The van der Waals surface area contributed by atoms with Crippen LogP contribution in [0.2, 0.25) is 0 Å². The third kappa shape index (κ3) is 4.67. The van der Waals surface area contributed by atoms with Crippen LogP contribution in [0.1, 0.15) is 33.3 Å². The minimum Gasteiger partial charge on any atom is -0.455 e. The van der Waals surface area contributed by atoms with E-state index in [1.807, 2.05) is 0 Å². The van der Waals surface area contributed by atoms with E-state index in [0.717, 1.165) is 12.1 Å². The van der Waals surface area contributed by atoms with E-state index in [2.05, 4.69) is 6.58 Å². The van der Waals surface area contributed by atoms with E-state index in [9.17, 15) is 22.4 Å². The Bertz CT molecular complexity index is 1010. The summed E-state index contributed by atoms with van der Waals surface area (Å²) in [6.07, 6.45) is 0.258. The molecule has 0 aliphatic heterocycles. The minimum absolute atomic E-state index is 0.00942. The largest absolute Gasteiger partial charge is 0.455 e. The quantitative estimate of drug-likeness (QED) is 0.246. The third-order valence-corrected chi connectivity index (χ3v) is 4.23. The Kier molecular flexibility index (Phi) is 6.84. The first-order valence-corrected chi connectivity index (χ1v) is 8.76. The summed E-state index contributed by atoms with van der Waals surface area (Å²) >= 11 is 0. The van der Waals surface area contributed by atoms with Crippen LogP contribution < -0.4 is 4.74 Å². The molecule has 3 nitrogen and oxygen atoms in total. The third-order valence-electron chi connectivity index (χ3n) is 4.23. The Morgan fingerprint density at radius 3 is 1.97 bits per heavy atom. The zero-order valence-electron chi connectivity index (χ0n) is 16.5. The van der Waals surface area contributed by atoms with E-state index < -0.39 is 46.1 Å². The van der Waals surface area contributed by atoms with Crippen molar-refractivity contribution in [3.63, 3.8) is 0 Å². The van der Waals surface area contributed by atoms with Crippen molar-refractivity contribution in [2.75, 3.05) is 0 Å². The van der Waals surface area contributed by atoms with Gasteiger partial charge in [-0.15, -0.1) is 0 Å². The average Bonchev–Trinajstić information content (AvgIpc) is 2.68. The minimum atomic E-state index is -1.39. The lowest BCUT2D eigenvalue weighted by Crippen LogP contribution is -2.07. The molecule has 2 aromatic carbocycles. The second-order valence-electron chi connectivity index (χ2n) is 6.38. The summed E-state index contributed by atoms with van der Waals surface area (Å²) in [5.74, 6) is -6.29. The van der Waals surface area contributed by atoms with Crippen LogP contribution in [0, 0.1) is 23.3 Å². The molecule has 0 aliphatic rings. The molecule has 0 spiro atoms. The van der Waals surface area contributed by atoms with Gasteiger partial charge in [0.1, 0.15) is 11.5 Å². The van der Waals surface area contributed by atoms with E-state index >= 15 is 0 Å². The van der Waals surface area contributed by atoms with Crippen molar-refractivity contribution >= 4 is 5.97 Å². The van der Waals surface area contributed by atoms with Crippen molar-refractivity contribution in [2.24, 2.45) is 0 Å². The standard InChI is InChI=1S/C22H20F4O3/c1-6-14-7-8-15(19(24)18(14)23)16-9-10-17(21(26)20(16)25)28-12(4)13(5)29-22(27)11(2)3/h7-10H,2,6H2,1,3-5H3/b13-12+. The number of hydrogen-bond acceptors (Lipinski definition) is 3. The number of aryl methyl sites for hydroxylation is 1. The molecule has 29 heavy (non-hydrogen) atoms. The Morgan fingerprint density at radius 2 is 1.41 bits per heavy atom. The molecular weight excluding hydrogens is 388 g/mol. The highest BCUT2D eigenvalue weighted by molar-refractivity contribution is 5.87. The molecule has 7 heteroatoms. The molecule has 0 saturated heterocycles. The lowest BCUT2D eigenvalue weighted by atomic mass is 10.0. The van der Waals surface area contributed by atoms with Crippen LogP contribution in [-0.2, 0) is 16.0 Å². The van der Waals surface area contributed by atoms with Crippen LogP contribution in [0.15, 0.2) is 47.9 Å². The van der Waals surface area contributed by atoms with Crippen LogP contribution in [0.4, 0.5) is 17.6 Å². The van der Waals surface area contributed by atoms with Gasteiger partial charge in [0.15, 0.2) is 23.2 Å². The highest BCUT2D eigenvalue weighted by atomic mass is 19.2. The van der Waals surface area contributed by atoms with Gasteiger partial charge < -0.3 is 9.47 Å². The SMILES string of the molecule is C=C(C)C(=O)O/C(C)=C(\C)Oc1ccc(-c2ccc(CC)c(F)c2F)c(F)c1F. The number of allylic oxidation sites excluding steroid dienone is 2. The van der Waals surface area contributed by atoms with E-state index in [4.69, 9.17) is 9.47 Å². The van der Waals surface area contributed by atoms with E-state index in [1.54, 1.807) is 6.92 Å². The summed E-state index contributed by atoms with van der Waals surface area (Å²) in [6.45, 7) is 9.34. The zero-order chi connectivity index (χ0) is 21.9. The summed E-state index contributed by atoms with van der Waals surface area (Å²) in [4.78, 5) is 11.5. The molecule has 0 radical (unpaired) electrons. The molecule has 0 heterocycles. The van der Waals surface area contributed by atoms with E-state index in [-0.39, 0.29) is 29.1 Å². The molecule has 0 amide bonds. The van der Waals surface area contributed by atoms with Crippen molar-refractivity contribution < 1.29 is 31.8 Å². The van der Waals surface area contributed by atoms with Crippen molar-refractivity contribution in [1.29, 1.82) is 0 Å². The Labute approximate surface area is 166 Å². The maximum atomic E-state index is 14.6. The van der Waals surface area contributed by atoms with Crippen LogP contribution >= 0.6 is 0 Å². The highest BCUT2D eigenvalue weighted by Gasteiger charge is 2.21. The molecular formula is C22H20F4O3. The predicted molar refractivity (Wildman–Crippen MR) is 101 cm³/mol. The summed E-state index contributed by atoms with van der Waals surface area (Å²) in [5.41, 5.74) is -0.558. The van der Waals surface area contributed by atoms with Gasteiger partial charge in [0.05, 0.1) is 0 Å². The van der Waals surface area contributed by atoms with Crippen LogP contribution in [0.5, 0.6) is 5.75 Å². The number of ether oxygens (including phenoxy) is 2. The molecule has 0 N–H and O–H groups in total. The summed E-state index contributed by atoms with van der Waals surface area (Å²) in [6, 6.07) is 4.68. The van der Waals surface area contributed by atoms with Crippen molar-refractivity contribution in [3.05, 3.63) is 76.8 Å². The number of halogens is 4. The lowest BCUT2D eigenvalue weighted by molar-refractivity contribution is -0.135. The van der Waals surface area contributed by atoms with E-state index in [1.165, 1.54) is 32.9 Å². The Balaban J connectivity index is 2.39. The molecule has 0 fully saturated rings. The highest BCUT2D eigenvalue weighted by Crippen LogP contribution is 2.33. The second-order valence-corrected chi connectivity index (χ2v) is 6.38. The number of hydrogen-bond donors (Lipinski definition) is 0. The van der Waals surface area contributed by atoms with Crippen LogP contribution in [-0.4, -0.2) is 5.97 Å². The fourth-order valence-electron chi connectivity index (χ4n) is 2.42. The second kappa shape index (κ2) is 8.94. The Hall–Kier alpha value is -3.09. The van der Waals surface area contributed by atoms with Gasteiger partial charge in [0.25, 0.3) is 0 Å². The monoisotopic (exact) mass is 408 g/mol. The van der Waals surface area contributed by atoms with E-state index in [0.29, 0.717) is 0 Å². The lowest BCUT2D eigenvalue weighted by Gasteiger charge is -2.13. The molecule has 154 valence electrons. The summed E-state index contributed by atoms with van der Waals surface area (Å²) in [7, 11) is 0. The molecule has 0 atom stereocenters. The molecule has 0 aromatic heterocycles. The van der Waals surface area contributed by atoms with Crippen LogP contribution in [0.3, 0.4) is 0 Å². The van der Waals surface area contributed by atoms with Crippen molar-refractivity contribution in [3.8, 4) is 16.9 Å². The summed E-state index contributed by atoms with van der Waals surface area (Å²) in [5, 5.41) is 0. The first kappa shape index (κ1) is 22.2. The fourth-order valence-corrected chi connectivity index (χ4v) is 2.42. The van der Waals surface area contributed by atoms with Gasteiger partial charge in [-0.2, -0.15) is 4.39 Å². The average molecular weight is 408 g/mol. The smallest absolute Gasteiger partial charge is 0.338 e. The predicted octanol–water partition coefficient (Wildman–Crippen LogP) is 6.22. The number of carbonyl (C=O) groups excluding carboxylic acids is 1. The summed E-state index contributed by atoms with van der Waals surface area (Å²) < 4.78 is 67.5. The zero-order valence-corrected chi connectivity index (χ0v) is 16.5. The van der Waals surface area contributed by atoms with Gasteiger partial charge in [0, 0.05) is 16.7 Å². The van der Waals surface area contributed by atoms with Gasteiger partial charge in [0.2, 0.25) is 5.82 Å². The molecule has 0 unspecified atom stereocenters. The normalized spacial score (nSPS) is 11.7. The molecule has 0 aliphatic carbocycles.